The molecular weight excluding hydrogens is 604 g/mol. The Hall–Kier alpha value is -3.81. The fourth-order valence-corrected chi connectivity index (χ4v) is 6.37. The third-order valence-corrected chi connectivity index (χ3v) is 10.5. The first-order valence-electron chi connectivity index (χ1n) is 16.7. The normalized spacial score (nSPS) is 18.7. The van der Waals surface area contributed by atoms with Crippen LogP contribution < -0.4 is 30.6 Å². The molecule has 0 saturated heterocycles. The summed E-state index contributed by atoms with van der Waals surface area (Å²) in [6.45, 7) is 25.6. The predicted molar refractivity (Wildman–Crippen MR) is 196 cm³/mol. The number of methoxy groups -OCH3 is 3. The average Bonchev–Trinajstić information content (AvgIpc) is 3.31. The first-order chi connectivity index (χ1) is 22.3. The lowest BCUT2D eigenvalue weighted by molar-refractivity contribution is 0.112. The molecule has 0 bridgehead atoms. The van der Waals surface area contributed by atoms with E-state index in [1.54, 1.807) is 21.3 Å². The van der Waals surface area contributed by atoms with E-state index < -0.39 is 0 Å². The molecule has 0 spiro atoms. The second kappa shape index (κ2) is 16.5. The van der Waals surface area contributed by atoms with Crippen LogP contribution in [0.2, 0.25) is 0 Å². The minimum absolute atomic E-state index is 0.0840. The van der Waals surface area contributed by atoms with E-state index in [0.29, 0.717) is 17.3 Å². The zero-order valence-electron chi connectivity index (χ0n) is 31.9. The van der Waals surface area contributed by atoms with Crippen molar-refractivity contribution in [3.63, 3.8) is 0 Å². The standard InChI is InChI=1S/C20H30N4O2.C18H30N2O2/c1-12-9-17(25-7)18(26-8)10-16(12)20(5,6)15(4)24-14(3)13(2)23-19(24)22-11-21;1-11-8-17(22-7)15(10-21)9-16(11)18(5,6)14(4)20-13(3)12(2)19/h9-10,13-15H,1-8H3,(H,22,23);8-10,12-14,20H,19H2,1-7H3. The van der Waals surface area contributed by atoms with Crippen LogP contribution in [0, 0.1) is 25.3 Å². The summed E-state index contributed by atoms with van der Waals surface area (Å²) < 4.78 is 16.2. The summed E-state index contributed by atoms with van der Waals surface area (Å²) in [4.78, 5) is 18.1. The molecule has 4 N–H and O–H groups in total. The SMILES string of the molecule is COc1cc(C)c(C(C)(C)C(C)N2C(NC#N)=NC(C)C2C)cc1OC.COc1cc(C)c(C(C)(C)C(C)NC(C)C(C)N)cc1C=O. The maximum atomic E-state index is 11.3. The summed E-state index contributed by atoms with van der Waals surface area (Å²) in [7, 11) is 4.88. The average molecular weight is 665 g/mol. The van der Waals surface area contributed by atoms with E-state index in [4.69, 9.17) is 25.2 Å². The van der Waals surface area contributed by atoms with Crippen molar-refractivity contribution in [1.82, 2.24) is 15.5 Å². The number of hydrogen-bond acceptors (Lipinski definition) is 10. The largest absolute Gasteiger partial charge is 0.496 e. The summed E-state index contributed by atoms with van der Waals surface area (Å²) in [5, 5.41) is 15.4. The van der Waals surface area contributed by atoms with E-state index in [2.05, 4.69) is 103 Å². The number of nitrogens with one attached hydrogen (secondary N) is 2. The maximum absolute atomic E-state index is 11.3. The summed E-state index contributed by atoms with van der Waals surface area (Å²) >= 11 is 0. The molecule has 2 aromatic carbocycles. The van der Waals surface area contributed by atoms with Crippen molar-refractivity contribution in [2.24, 2.45) is 10.7 Å². The van der Waals surface area contributed by atoms with Gasteiger partial charge in [-0.2, -0.15) is 5.26 Å². The van der Waals surface area contributed by atoms with Crippen LogP contribution >= 0.6 is 0 Å². The Balaban J connectivity index is 0.000000339. The number of hydrogen-bond donors (Lipinski definition) is 3. The van der Waals surface area contributed by atoms with E-state index in [1.165, 1.54) is 5.56 Å². The number of aryl methyl sites for hydroxylation is 2. The molecule has 6 atom stereocenters. The Morgan fingerprint density at radius 2 is 1.40 bits per heavy atom. The van der Waals surface area contributed by atoms with E-state index >= 15 is 0 Å². The van der Waals surface area contributed by atoms with Gasteiger partial charge in [0.2, 0.25) is 5.96 Å². The second-order valence-electron chi connectivity index (χ2n) is 14.3. The molecule has 1 aliphatic rings. The van der Waals surface area contributed by atoms with Crippen molar-refractivity contribution >= 4 is 12.2 Å². The van der Waals surface area contributed by atoms with E-state index in [0.717, 1.165) is 34.5 Å². The summed E-state index contributed by atoms with van der Waals surface area (Å²) in [6, 6.07) is 8.91. The number of nitrogens with zero attached hydrogens (tertiary/aromatic N) is 3. The number of ether oxygens (including phenoxy) is 3. The number of nitrogens with two attached hydrogens (primary N) is 1. The fourth-order valence-electron chi connectivity index (χ4n) is 6.37. The molecule has 1 aliphatic heterocycles. The monoisotopic (exact) mass is 664 g/mol. The molecule has 6 unspecified atom stereocenters. The van der Waals surface area contributed by atoms with Gasteiger partial charge in [-0.15, -0.1) is 0 Å². The van der Waals surface area contributed by atoms with Crippen LogP contribution in [-0.4, -0.2) is 74.7 Å². The lowest BCUT2D eigenvalue weighted by atomic mass is 9.75. The first-order valence-corrected chi connectivity index (χ1v) is 16.7. The van der Waals surface area contributed by atoms with Crippen LogP contribution in [0.15, 0.2) is 29.3 Å². The van der Waals surface area contributed by atoms with Gasteiger partial charge in [-0.05, 0) is 102 Å². The van der Waals surface area contributed by atoms with Gasteiger partial charge >= 0.3 is 0 Å². The third kappa shape index (κ3) is 8.61. The molecule has 0 radical (unpaired) electrons. The van der Waals surface area contributed by atoms with Gasteiger partial charge in [-0.25, -0.2) is 4.99 Å². The number of guanidine groups is 1. The van der Waals surface area contributed by atoms with Crippen molar-refractivity contribution in [3.05, 3.63) is 52.1 Å². The second-order valence-corrected chi connectivity index (χ2v) is 14.3. The van der Waals surface area contributed by atoms with Gasteiger partial charge in [-0.3, -0.25) is 10.1 Å². The molecule has 10 heteroatoms. The van der Waals surface area contributed by atoms with Gasteiger partial charge in [-0.1, -0.05) is 27.7 Å². The van der Waals surface area contributed by atoms with Crippen LogP contribution in [0.3, 0.4) is 0 Å². The Labute approximate surface area is 289 Å². The molecule has 0 aliphatic carbocycles. The Morgan fingerprint density at radius 3 is 1.88 bits per heavy atom. The number of benzene rings is 2. The van der Waals surface area contributed by atoms with Gasteiger partial charge < -0.3 is 30.2 Å². The molecular formula is C38H60N6O4. The molecule has 0 fully saturated rings. The molecule has 1 heterocycles. The Bertz CT molecular complexity index is 1480. The highest BCUT2D eigenvalue weighted by molar-refractivity contribution is 5.84. The zero-order valence-corrected chi connectivity index (χ0v) is 31.9. The molecule has 3 rings (SSSR count). The van der Waals surface area contributed by atoms with Gasteiger partial charge in [0.25, 0.3) is 0 Å². The highest BCUT2D eigenvalue weighted by atomic mass is 16.5. The van der Waals surface area contributed by atoms with Gasteiger partial charge in [0.1, 0.15) is 5.75 Å². The zero-order chi connectivity index (χ0) is 36.7. The van der Waals surface area contributed by atoms with Crippen molar-refractivity contribution in [1.29, 1.82) is 5.26 Å². The molecule has 266 valence electrons. The summed E-state index contributed by atoms with van der Waals surface area (Å²) in [5.74, 6) is 2.72. The molecule has 10 nitrogen and oxygen atoms in total. The molecule has 48 heavy (non-hydrogen) atoms. The maximum Gasteiger partial charge on any atom is 0.208 e. The lowest BCUT2D eigenvalue weighted by Crippen LogP contribution is -2.54. The number of rotatable bonds is 12. The number of nitriles is 1. The topological polar surface area (TPSA) is 134 Å². The van der Waals surface area contributed by atoms with E-state index in [1.807, 2.05) is 31.3 Å². The van der Waals surface area contributed by atoms with Gasteiger partial charge in [0, 0.05) is 35.0 Å². The van der Waals surface area contributed by atoms with Crippen molar-refractivity contribution in [2.45, 2.75) is 130 Å². The molecule has 2 aromatic rings. The lowest BCUT2D eigenvalue weighted by Gasteiger charge is -2.43. The summed E-state index contributed by atoms with van der Waals surface area (Å²) in [5.41, 5.74) is 10.8. The van der Waals surface area contributed by atoms with Crippen LogP contribution in [0.5, 0.6) is 17.2 Å². The smallest absolute Gasteiger partial charge is 0.208 e. The van der Waals surface area contributed by atoms with Crippen LogP contribution in [0.4, 0.5) is 0 Å². The Morgan fingerprint density at radius 1 is 0.896 bits per heavy atom. The van der Waals surface area contributed by atoms with Crippen molar-refractivity contribution < 1.29 is 19.0 Å². The Kier molecular flexibility index (Phi) is 13.9. The minimum Gasteiger partial charge on any atom is -0.496 e. The highest BCUT2D eigenvalue weighted by Crippen LogP contribution is 2.40. The minimum atomic E-state index is -0.208. The van der Waals surface area contributed by atoms with Crippen molar-refractivity contribution in [3.8, 4) is 23.4 Å². The number of carbonyl (C=O) groups excluding carboxylic acids is 1. The summed E-state index contributed by atoms with van der Waals surface area (Å²) in [6.07, 6.45) is 2.86. The fraction of sp³-hybridized carbons (Fsp3) is 0.605. The van der Waals surface area contributed by atoms with Crippen LogP contribution in [0.1, 0.15) is 102 Å². The number of carbonyl (C=O) groups is 1. The van der Waals surface area contributed by atoms with E-state index in [9.17, 15) is 4.79 Å². The first kappa shape index (κ1) is 40.4. The van der Waals surface area contributed by atoms with Crippen molar-refractivity contribution in [2.75, 3.05) is 21.3 Å². The quantitative estimate of drug-likeness (QED) is 0.142. The van der Waals surface area contributed by atoms with Gasteiger partial charge in [0.05, 0.1) is 39.0 Å². The van der Waals surface area contributed by atoms with Crippen LogP contribution in [-0.2, 0) is 10.8 Å². The number of aliphatic imine (C=N–C) groups is 1. The molecule has 0 amide bonds. The van der Waals surface area contributed by atoms with E-state index in [-0.39, 0.29) is 47.1 Å². The molecule has 0 aromatic heterocycles. The predicted octanol–water partition coefficient (Wildman–Crippen LogP) is 6.01. The third-order valence-electron chi connectivity index (χ3n) is 10.5. The van der Waals surface area contributed by atoms with Crippen LogP contribution in [0.25, 0.3) is 0 Å². The highest BCUT2D eigenvalue weighted by Gasteiger charge is 2.41. The molecule has 0 saturated carbocycles. The number of aldehydes is 1. The van der Waals surface area contributed by atoms with Gasteiger partial charge in [0.15, 0.2) is 24.0 Å².